The van der Waals surface area contributed by atoms with Crippen LogP contribution in [0.4, 0.5) is 5.69 Å². The van der Waals surface area contributed by atoms with E-state index in [0.29, 0.717) is 17.9 Å². The van der Waals surface area contributed by atoms with Crippen LogP contribution in [0.3, 0.4) is 0 Å². The number of benzene rings is 2. The van der Waals surface area contributed by atoms with Gasteiger partial charge in [-0.2, -0.15) is 0 Å². The molecular formula is C23H26N2O5. The van der Waals surface area contributed by atoms with Gasteiger partial charge in [0, 0.05) is 0 Å². The molecular weight excluding hydrogens is 384 g/mol. The number of ether oxygens (including phenoxy) is 2. The fraction of sp³-hybridized carbons (Fsp3) is 0.348. The second kappa shape index (κ2) is 9.91. The molecule has 158 valence electrons. The van der Waals surface area contributed by atoms with Crippen LogP contribution in [0.25, 0.3) is 0 Å². The van der Waals surface area contributed by atoms with Crippen LogP contribution in [0.1, 0.15) is 36.9 Å². The molecule has 0 saturated heterocycles. The van der Waals surface area contributed by atoms with Crippen LogP contribution in [-0.4, -0.2) is 37.5 Å². The second-order valence-electron chi connectivity index (χ2n) is 7.15. The number of carbonyl (C=O) groups is 3. The normalized spacial score (nSPS) is 14.2. The summed E-state index contributed by atoms with van der Waals surface area (Å²) in [5.41, 5.74) is 2.66. The highest BCUT2D eigenvalue weighted by atomic mass is 16.5. The molecule has 0 radical (unpaired) electrons. The Morgan fingerprint density at radius 3 is 2.63 bits per heavy atom. The van der Waals surface area contributed by atoms with E-state index in [4.69, 9.17) is 9.47 Å². The van der Waals surface area contributed by atoms with Crippen molar-refractivity contribution in [2.75, 3.05) is 24.7 Å². The van der Waals surface area contributed by atoms with Crippen molar-refractivity contribution in [3.63, 3.8) is 0 Å². The number of carbonyl (C=O) groups excluding carboxylic acids is 3. The lowest BCUT2D eigenvalue weighted by molar-refractivity contribution is -0.147. The average Bonchev–Trinajstić information content (AvgIpc) is 2.90. The molecule has 0 fully saturated rings. The van der Waals surface area contributed by atoms with Crippen LogP contribution in [0.2, 0.25) is 0 Å². The Labute approximate surface area is 176 Å². The topological polar surface area (TPSA) is 84.9 Å². The van der Waals surface area contributed by atoms with E-state index in [0.717, 1.165) is 11.1 Å². The molecule has 0 saturated carbocycles. The Kier molecular flexibility index (Phi) is 7.06. The summed E-state index contributed by atoms with van der Waals surface area (Å²) in [5.74, 6) is -0.732. The Morgan fingerprint density at radius 1 is 1.17 bits per heavy atom. The van der Waals surface area contributed by atoms with Crippen molar-refractivity contribution in [1.82, 2.24) is 5.32 Å². The zero-order valence-corrected chi connectivity index (χ0v) is 17.2. The van der Waals surface area contributed by atoms with Crippen LogP contribution < -0.4 is 15.0 Å². The third-order valence-corrected chi connectivity index (χ3v) is 4.91. The number of rotatable bonds is 7. The van der Waals surface area contributed by atoms with Crippen LogP contribution in [0, 0.1) is 6.92 Å². The maximum atomic E-state index is 12.4. The van der Waals surface area contributed by atoms with Crippen molar-refractivity contribution in [3.05, 3.63) is 59.7 Å². The Morgan fingerprint density at radius 2 is 1.90 bits per heavy atom. The predicted octanol–water partition coefficient (Wildman–Crippen LogP) is 2.92. The lowest BCUT2D eigenvalue weighted by Gasteiger charge is -2.21. The highest BCUT2D eigenvalue weighted by molar-refractivity contribution is 5.99. The van der Waals surface area contributed by atoms with E-state index < -0.39 is 12.6 Å². The first kappa shape index (κ1) is 21.4. The van der Waals surface area contributed by atoms with Crippen molar-refractivity contribution in [2.45, 2.75) is 32.7 Å². The van der Waals surface area contributed by atoms with Crippen LogP contribution >= 0.6 is 0 Å². The van der Waals surface area contributed by atoms with Gasteiger partial charge < -0.3 is 14.8 Å². The molecule has 30 heavy (non-hydrogen) atoms. The lowest BCUT2D eigenvalue weighted by atomic mass is 10.0. The molecule has 2 aromatic rings. The van der Waals surface area contributed by atoms with Crippen LogP contribution in [-0.2, 0) is 19.1 Å². The summed E-state index contributed by atoms with van der Waals surface area (Å²) >= 11 is 0. The van der Waals surface area contributed by atoms with E-state index in [2.05, 4.69) is 5.32 Å². The van der Waals surface area contributed by atoms with E-state index in [-0.39, 0.29) is 37.4 Å². The molecule has 1 aliphatic heterocycles. The van der Waals surface area contributed by atoms with Crippen LogP contribution in [0.15, 0.2) is 48.5 Å². The third kappa shape index (κ3) is 5.37. The molecule has 3 rings (SSSR count). The van der Waals surface area contributed by atoms with Gasteiger partial charge in [-0.25, -0.2) is 0 Å². The monoisotopic (exact) mass is 410 g/mol. The third-order valence-electron chi connectivity index (χ3n) is 4.91. The molecule has 0 bridgehead atoms. The molecule has 0 aromatic heterocycles. The molecule has 0 unspecified atom stereocenters. The summed E-state index contributed by atoms with van der Waals surface area (Å²) < 4.78 is 10.7. The quantitative estimate of drug-likeness (QED) is 0.710. The van der Waals surface area contributed by atoms with Crippen molar-refractivity contribution in [3.8, 4) is 5.75 Å². The van der Waals surface area contributed by atoms with Crippen molar-refractivity contribution < 1.29 is 23.9 Å². The maximum Gasteiger partial charge on any atom is 0.326 e. The number of fused-ring (bicyclic) bond motifs is 1. The number of nitrogens with one attached hydrogen (secondary N) is 1. The highest BCUT2D eigenvalue weighted by Gasteiger charge is 2.26. The number of anilines is 1. The highest BCUT2D eigenvalue weighted by Crippen LogP contribution is 2.30. The minimum Gasteiger partial charge on any atom is -0.491 e. The van der Waals surface area contributed by atoms with Gasteiger partial charge in [0.2, 0.25) is 5.91 Å². The van der Waals surface area contributed by atoms with E-state index in [1.165, 1.54) is 4.90 Å². The molecule has 7 nitrogen and oxygen atoms in total. The SMILES string of the molecule is CC[C@H](NC(=O)COC(=O)CN1C(=O)CCOc2ccccc21)c1ccc(C)cc1. The van der Waals surface area contributed by atoms with Crippen molar-refractivity contribution in [2.24, 2.45) is 0 Å². The zero-order chi connectivity index (χ0) is 21.5. The maximum absolute atomic E-state index is 12.4. The van der Waals surface area contributed by atoms with Gasteiger partial charge in [0.15, 0.2) is 6.61 Å². The summed E-state index contributed by atoms with van der Waals surface area (Å²) in [6.07, 6.45) is 0.874. The van der Waals surface area contributed by atoms with Gasteiger partial charge in [0.25, 0.3) is 5.91 Å². The fourth-order valence-electron chi connectivity index (χ4n) is 3.27. The predicted molar refractivity (Wildman–Crippen MR) is 112 cm³/mol. The first-order valence-electron chi connectivity index (χ1n) is 10.0. The standard InChI is InChI=1S/C23H26N2O5/c1-3-18(17-10-8-16(2)9-11-17)24-21(26)15-30-23(28)14-25-19-6-4-5-7-20(19)29-13-12-22(25)27/h4-11,18H,3,12-15H2,1-2H3,(H,24,26)/t18-/m0/s1. The van der Waals surface area contributed by atoms with Gasteiger partial charge in [-0.1, -0.05) is 48.9 Å². The molecule has 1 N–H and O–H groups in total. The summed E-state index contributed by atoms with van der Waals surface area (Å²) in [6, 6.07) is 14.8. The molecule has 2 amide bonds. The fourth-order valence-corrected chi connectivity index (χ4v) is 3.27. The van der Waals surface area contributed by atoms with E-state index in [1.54, 1.807) is 24.3 Å². The summed E-state index contributed by atoms with van der Waals surface area (Å²) in [7, 11) is 0. The molecule has 0 spiro atoms. The van der Waals surface area contributed by atoms with Crippen molar-refractivity contribution in [1.29, 1.82) is 0 Å². The van der Waals surface area contributed by atoms with Gasteiger partial charge in [-0.05, 0) is 31.0 Å². The minimum atomic E-state index is -0.654. The van der Waals surface area contributed by atoms with Gasteiger partial charge in [-0.3, -0.25) is 19.3 Å². The Bertz CT molecular complexity index is 910. The zero-order valence-electron chi connectivity index (χ0n) is 17.2. The number of esters is 1. The summed E-state index contributed by atoms with van der Waals surface area (Å²) in [6.45, 7) is 3.55. The van der Waals surface area contributed by atoms with Gasteiger partial charge in [-0.15, -0.1) is 0 Å². The number of aryl methyl sites for hydroxylation is 1. The Balaban J connectivity index is 1.55. The molecule has 7 heteroatoms. The van der Waals surface area contributed by atoms with Gasteiger partial charge in [0.05, 0.1) is 24.8 Å². The van der Waals surface area contributed by atoms with E-state index >= 15 is 0 Å². The molecule has 1 atom stereocenters. The van der Waals surface area contributed by atoms with Gasteiger partial charge >= 0.3 is 5.97 Å². The number of hydrogen-bond donors (Lipinski definition) is 1. The van der Waals surface area contributed by atoms with E-state index in [9.17, 15) is 14.4 Å². The van der Waals surface area contributed by atoms with Crippen molar-refractivity contribution >= 4 is 23.5 Å². The number of nitrogens with zero attached hydrogens (tertiary/aromatic N) is 1. The first-order chi connectivity index (χ1) is 14.5. The average molecular weight is 410 g/mol. The summed E-state index contributed by atoms with van der Waals surface area (Å²) in [5, 5.41) is 2.88. The van der Waals surface area contributed by atoms with Gasteiger partial charge in [0.1, 0.15) is 12.3 Å². The minimum absolute atomic E-state index is 0.159. The van der Waals surface area contributed by atoms with E-state index in [1.807, 2.05) is 38.1 Å². The molecule has 2 aromatic carbocycles. The molecule has 0 aliphatic carbocycles. The lowest BCUT2D eigenvalue weighted by Crippen LogP contribution is -2.38. The molecule has 1 heterocycles. The largest absolute Gasteiger partial charge is 0.491 e. The molecule has 1 aliphatic rings. The number of hydrogen-bond acceptors (Lipinski definition) is 5. The number of para-hydroxylation sites is 2. The Hall–Kier alpha value is -3.35. The number of amides is 2. The summed E-state index contributed by atoms with van der Waals surface area (Å²) in [4.78, 5) is 38.3. The second-order valence-corrected chi connectivity index (χ2v) is 7.15. The smallest absolute Gasteiger partial charge is 0.326 e. The first-order valence-corrected chi connectivity index (χ1v) is 10.0. The van der Waals surface area contributed by atoms with Crippen LogP contribution in [0.5, 0.6) is 5.75 Å².